The first kappa shape index (κ1) is 21.2. The third kappa shape index (κ3) is 7.28. The number of carbonyl (C=O) groups is 3. The number of nitrogens with one attached hydrogen (secondary N) is 2. The number of amides is 2. The van der Waals surface area contributed by atoms with Gasteiger partial charge in [-0.1, -0.05) is 32.0 Å². The molecule has 0 saturated carbocycles. The van der Waals surface area contributed by atoms with Gasteiger partial charge in [-0.25, -0.2) is 4.79 Å². The molecule has 2 aromatic carbocycles. The van der Waals surface area contributed by atoms with Crippen molar-refractivity contribution in [3.8, 4) is 0 Å². The van der Waals surface area contributed by atoms with E-state index >= 15 is 0 Å². The molecule has 0 aliphatic carbocycles. The summed E-state index contributed by atoms with van der Waals surface area (Å²) in [5, 5.41) is 14.0. The van der Waals surface area contributed by atoms with E-state index < -0.39 is 11.9 Å². The number of carbonyl (C=O) groups excluding carboxylic acids is 2. The monoisotopic (exact) mass is 398 g/mol. The van der Waals surface area contributed by atoms with Crippen LogP contribution in [0.1, 0.15) is 25.3 Å². The van der Waals surface area contributed by atoms with Crippen LogP contribution < -0.4 is 10.6 Å². The summed E-state index contributed by atoms with van der Waals surface area (Å²) >= 11 is 1.34. The average molecular weight is 398 g/mol. The predicted molar refractivity (Wildman–Crippen MR) is 112 cm³/mol. The second-order valence-electron chi connectivity index (χ2n) is 6.30. The normalized spacial score (nSPS) is 10.8. The van der Waals surface area contributed by atoms with E-state index in [-0.39, 0.29) is 11.7 Å². The molecular formula is C21H22N2O4S. The van der Waals surface area contributed by atoms with Crippen LogP contribution in [0.2, 0.25) is 0 Å². The summed E-state index contributed by atoms with van der Waals surface area (Å²) in [5.74, 6) is -1.19. The van der Waals surface area contributed by atoms with Crippen LogP contribution in [0.4, 0.5) is 11.4 Å². The van der Waals surface area contributed by atoms with Crippen LogP contribution in [0.25, 0.3) is 0 Å². The van der Waals surface area contributed by atoms with Crippen LogP contribution in [-0.2, 0) is 14.4 Å². The van der Waals surface area contributed by atoms with E-state index in [9.17, 15) is 14.4 Å². The summed E-state index contributed by atoms with van der Waals surface area (Å²) in [7, 11) is 0. The summed E-state index contributed by atoms with van der Waals surface area (Å²) in [4.78, 5) is 35.0. The molecule has 7 heteroatoms. The van der Waals surface area contributed by atoms with Crippen LogP contribution in [0.5, 0.6) is 0 Å². The fourth-order valence-corrected chi connectivity index (χ4v) is 3.05. The Labute approximate surface area is 168 Å². The zero-order valence-electron chi connectivity index (χ0n) is 15.6. The highest BCUT2D eigenvalue weighted by molar-refractivity contribution is 8.00. The number of hydrogen-bond acceptors (Lipinski definition) is 4. The van der Waals surface area contributed by atoms with Crippen LogP contribution in [0, 0.1) is 0 Å². The fraction of sp³-hybridized carbons (Fsp3) is 0.190. The van der Waals surface area contributed by atoms with Gasteiger partial charge in [-0.2, -0.15) is 0 Å². The van der Waals surface area contributed by atoms with Crippen molar-refractivity contribution in [3.63, 3.8) is 0 Å². The molecule has 146 valence electrons. The highest BCUT2D eigenvalue weighted by atomic mass is 32.2. The fourth-order valence-electron chi connectivity index (χ4n) is 2.29. The quantitative estimate of drug-likeness (QED) is 0.459. The molecule has 0 unspecified atom stereocenters. The zero-order valence-corrected chi connectivity index (χ0v) is 16.5. The van der Waals surface area contributed by atoms with Crippen LogP contribution >= 0.6 is 11.8 Å². The van der Waals surface area contributed by atoms with Gasteiger partial charge in [0.05, 0.1) is 5.75 Å². The standard InChI is InChI=1S/C21H22N2O4S/c1-14(2)15-6-8-16(9-7-15)22-20(25)13-28-18-5-3-4-17(12-18)23-19(24)10-11-21(26)27/h3-12,14H,13H2,1-2H3,(H,22,25)(H,23,24)(H,26,27)/b11-10+. The maximum Gasteiger partial charge on any atom is 0.328 e. The summed E-state index contributed by atoms with van der Waals surface area (Å²) < 4.78 is 0. The summed E-state index contributed by atoms with van der Waals surface area (Å²) in [5.41, 5.74) is 2.49. The van der Waals surface area contributed by atoms with E-state index in [0.29, 0.717) is 11.6 Å². The van der Waals surface area contributed by atoms with Gasteiger partial charge in [0.15, 0.2) is 0 Å². The number of carboxylic acids is 1. The molecule has 0 aromatic heterocycles. The Balaban J connectivity index is 1.87. The van der Waals surface area contributed by atoms with Crippen molar-refractivity contribution < 1.29 is 19.5 Å². The van der Waals surface area contributed by atoms with E-state index in [4.69, 9.17) is 5.11 Å². The minimum atomic E-state index is -1.19. The van der Waals surface area contributed by atoms with Crippen molar-refractivity contribution in [2.45, 2.75) is 24.7 Å². The van der Waals surface area contributed by atoms with E-state index in [1.165, 1.54) is 17.3 Å². The number of carboxylic acid groups (broad SMARTS) is 1. The van der Waals surface area contributed by atoms with E-state index in [0.717, 1.165) is 22.7 Å². The van der Waals surface area contributed by atoms with Crippen LogP contribution in [0.3, 0.4) is 0 Å². The molecule has 6 nitrogen and oxygen atoms in total. The van der Waals surface area contributed by atoms with Crippen molar-refractivity contribution in [1.29, 1.82) is 0 Å². The Hall–Kier alpha value is -3.06. The summed E-state index contributed by atoms with van der Waals surface area (Å²) in [6.07, 6.45) is 1.71. The Morgan fingerprint density at radius 1 is 1.00 bits per heavy atom. The highest BCUT2D eigenvalue weighted by Crippen LogP contribution is 2.22. The molecule has 2 amide bonds. The second kappa shape index (κ2) is 10.3. The molecular weight excluding hydrogens is 376 g/mol. The van der Waals surface area contributed by atoms with Crippen LogP contribution in [0.15, 0.2) is 65.6 Å². The molecule has 0 atom stereocenters. The number of hydrogen-bond donors (Lipinski definition) is 3. The molecule has 3 N–H and O–H groups in total. The highest BCUT2D eigenvalue weighted by Gasteiger charge is 2.06. The maximum atomic E-state index is 12.1. The summed E-state index contributed by atoms with van der Waals surface area (Å²) in [6, 6.07) is 14.8. The topological polar surface area (TPSA) is 95.5 Å². The molecule has 0 spiro atoms. The average Bonchev–Trinajstić information content (AvgIpc) is 2.65. The maximum absolute atomic E-state index is 12.1. The third-order valence-electron chi connectivity index (χ3n) is 3.71. The van der Waals surface area contributed by atoms with Crippen LogP contribution in [-0.4, -0.2) is 28.6 Å². The first-order chi connectivity index (χ1) is 13.3. The lowest BCUT2D eigenvalue weighted by atomic mass is 10.0. The second-order valence-corrected chi connectivity index (χ2v) is 7.35. The SMILES string of the molecule is CC(C)c1ccc(NC(=O)CSc2cccc(NC(=O)/C=C/C(=O)O)c2)cc1. The number of aliphatic carboxylic acids is 1. The van der Waals surface area contributed by atoms with Gasteiger partial charge in [0.25, 0.3) is 0 Å². The van der Waals surface area contributed by atoms with Crippen molar-refractivity contribution in [1.82, 2.24) is 0 Å². The first-order valence-corrected chi connectivity index (χ1v) is 9.66. The molecule has 2 aromatic rings. The van der Waals surface area contributed by atoms with Gasteiger partial charge in [0.1, 0.15) is 0 Å². The number of benzene rings is 2. The number of rotatable bonds is 8. The van der Waals surface area contributed by atoms with E-state index in [1.807, 2.05) is 30.3 Å². The Morgan fingerprint density at radius 2 is 1.71 bits per heavy atom. The smallest absolute Gasteiger partial charge is 0.328 e. The zero-order chi connectivity index (χ0) is 20.5. The first-order valence-electron chi connectivity index (χ1n) is 8.68. The third-order valence-corrected chi connectivity index (χ3v) is 4.70. The number of thioether (sulfide) groups is 1. The molecule has 0 aliphatic heterocycles. The van der Waals surface area contributed by atoms with Gasteiger partial charge in [-0.05, 0) is 41.8 Å². The minimum absolute atomic E-state index is 0.124. The molecule has 0 fully saturated rings. The van der Waals surface area contributed by atoms with Crippen molar-refractivity contribution in [2.24, 2.45) is 0 Å². The van der Waals surface area contributed by atoms with Crippen molar-refractivity contribution in [3.05, 3.63) is 66.2 Å². The predicted octanol–water partition coefficient (Wildman–Crippen LogP) is 4.12. The van der Waals surface area contributed by atoms with Gasteiger partial charge in [-0.15, -0.1) is 11.8 Å². The molecule has 0 aliphatic rings. The summed E-state index contributed by atoms with van der Waals surface area (Å²) in [6.45, 7) is 4.23. The molecule has 0 radical (unpaired) electrons. The largest absolute Gasteiger partial charge is 0.478 e. The van der Waals surface area contributed by atoms with Crippen molar-refractivity contribution >= 4 is 40.9 Å². The van der Waals surface area contributed by atoms with Gasteiger partial charge in [0, 0.05) is 28.4 Å². The van der Waals surface area contributed by atoms with Gasteiger partial charge in [-0.3, -0.25) is 9.59 Å². The number of anilines is 2. The lowest BCUT2D eigenvalue weighted by molar-refractivity contribution is -0.131. The van der Waals surface area contributed by atoms with Gasteiger partial charge >= 0.3 is 5.97 Å². The van der Waals surface area contributed by atoms with E-state index in [1.54, 1.807) is 18.2 Å². The lowest BCUT2D eigenvalue weighted by Crippen LogP contribution is -2.14. The van der Waals surface area contributed by atoms with Gasteiger partial charge < -0.3 is 15.7 Å². The molecule has 0 saturated heterocycles. The molecule has 0 heterocycles. The van der Waals surface area contributed by atoms with Crippen molar-refractivity contribution in [2.75, 3.05) is 16.4 Å². The molecule has 0 bridgehead atoms. The lowest BCUT2D eigenvalue weighted by Gasteiger charge is -2.09. The molecule has 28 heavy (non-hydrogen) atoms. The van der Waals surface area contributed by atoms with E-state index in [2.05, 4.69) is 24.5 Å². The Bertz CT molecular complexity index is 876. The minimum Gasteiger partial charge on any atom is -0.478 e. The Kier molecular flexibility index (Phi) is 7.83. The Morgan fingerprint density at radius 3 is 2.36 bits per heavy atom. The van der Waals surface area contributed by atoms with Gasteiger partial charge in [0.2, 0.25) is 11.8 Å². The molecule has 2 rings (SSSR count).